The molecule has 3 aromatic heterocycles. The molecule has 0 spiro atoms. The van der Waals surface area contributed by atoms with E-state index in [1.54, 1.807) is 11.6 Å². The summed E-state index contributed by atoms with van der Waals surface area (Å²) < 4.78 is 6.92. The van der Waals surface area contributed by atoms with Gasteiger partial charge in [0.05, 0.1) is 11.7 Å². The van der Waals surface area contributed by atoms with Gasteiger partial charge in [-0.25, -0.2) is 0 Å². The first kappa shape index (κ1) is 20.3. The summed E-state index contributed by atoms with van der Waals surface area (Å²) in [6, 6.07) is 5.96. The van der Waals surface area contributed by atoms with Gasteiger partial charge in [-0.15, -0.1) is 10.2 Å². The molecule has 1 aromatic carbocycles. The Morgan fingerprint density at radius 3 is 2.81 bits per heavy atom. The van der Waals surface area contributed by atoms with Crippen LogP contribution < -0.4 is 10.6 Å². The summed E-state index contributed by atoms with van der Waals surface area (Å²) in [5.74, 6) is 1.38. The summed E-state index contributed by atoms with van der Waals surface area (Å²) in [5.41, 5.74) is 3.53. The van der Waals surface area contributed by atoms with Crippen molar-refractivity contribution in [3.8, 4) is 11.1 Å². The number of carbonyl (C=O) groups is 1. The van der Waals surface area contributed by atoms with E-state index in [0.717, 1.165) is 53.5 Å². The molecule has 0 atom stereocenters. The minimum atomic E-state index is -0.0456. The molecule has 0 radical (unpaired) electrons. The quantitative estimate of drug-likeness (QED) is 0.492. The zero-order chi connectivity index (χ0) is 22.1. The number of rotatable bonds is 5. The maximum Gasteiger partial charge on any atom is 0.228 e. The Morgan fingerprint density at radius 1 is 1.25 bits per heavy atom. The van der Waals surface area contributed by atoms with Gasteiger partial charge in [0, 0.05) is 49.0 Å². The monoisotopic (exact) mass is 432 g/mol. The van der Waals surface area contributed by atoms with Crippen LogP contribution >= 0.6 is 0 Å². The summed E-state index contributed by atoms with van der Waals surface area (Å²) in [4.78, 5) is 17.3. The fourth-order valence-electron chi connectivity index (χ4n) is 4.06. The number of hydrogen-bond acceptors (Lipinski definition) is 8. The van der Waals surface area contributed by atoms with Gasteiger partial charge >= 0.3 is 0 Å². The molecule has 1 saturated heterocycles. The number of aromatic nitrogens is 6. The van der Waals surface area contributed by atoms with Crippen molar-refractivity contribution < 1.29 is 9.32 Å². The molecule has 5 rings (SSSR count). The van der Waals surface area contributed by atoms with E-state index < -0.39 is 0 Å². The Hall–Kier alpha value is -3.66. The molecule has 1 fully saturated rings. The molecular formula is C22H24N8O2. The highest BCUT2D eigenvalue weighted by Crippen LogP contribution is 2.30. The fourth-order valence-corrected chi connectivity index (χ4v) is 4.06. The zero-order valence-corrected chi connectivity index (χ0v) is 18.0. The third-order valence-corrected chi connectivity index (χ3v) is 5.76. The van der Waals surface area contributed by atoms with Gasteiger partial charge in [-0.2, -0.15) is 10.1 Å². The number of benzene rings is 1. The topological polar surface area (TPSA) is 124 Å². The van der Waals surface area contributed by atoms with Gasteiger partial charge in [0.25, 0.3) is 0 Å². The first-order chi connectivity index (χ1) is 15.6. The third kappa shape index (κ3) is 4.09. The van der Waals surface area contributed by atoms with Crippen LogP contribution in [0.5, 0.6) is 0 Å². The van der Waals surface area contributed by atoms with Crippen LogP contribution in [0.3, 0.4) is 0 Å². The Bertz CT molecular complexity index is 1270. The van der Waals surface area contributed by atoms with E-state index in [9.17, 15) is 4.79 Å². The summed E-state index contributed by atoms with van der Waals surface area (Å²) in [7, 11) is 1.88. The lowest BCUT2D eigenvalue weighted by atomic mass is 9.97. The number of amides is 1. The average Bonchev–Trinajstić information content (AvgIpc) is 3.43. The number of aryl methyl sites for hydroxylation is 2. The van der Waals surface area contributed by atoms with Gasteiger partial charge in [-0.1, -0.05) is 11.2 Å². The Labute approximate surface area is 184 Å². The van der Waals surface area contributed by atoms with E-state index in [0.29, 0.717) is 24.0 Å². The van der Waals surface area contributed by atoms with E-state index in [1.165, 1.54) is 0 Å². The fraction of sp³-hybridized carbons (Fsp3) is 0.364. The van der Waals surface area contributed by atoms with Crippen molar-refractivity contribution in [2.75, 3.05) is 18.4 Å². The predicted molar refractivity (Wildman–Crippen MR) is 118 cm³/mol. The summed E-state index contributed by atoms with van der Waals surface area (Å²) >= 11 is 0. The third-order valence-electron chi connectivity index (χ3n) is 5.76. The van der Waals surface area contributed by atoms with Crippen LogP contribution in [0.1, 0.15) is 30.1 Å². The summed E-state index contributed by atoms with van der Waals surface area (Å²) in [6.07, 6.45) is 5.74. The van der Waals surface area contributed by atoms with Gasteiger partial charge < -0.3 is 15.2 Å². The minimum Gasteiger partial charge on any atom is -0.340 e. The molecule has 1 aliphatic heterocycles. The van der Waals surface area contributed by atoms with Gasteiger partial charge in [0.1, 0.15) is 0 Å². The lowest BCUT2D eigenvalue weighted by Gasteiger charge is -2.22. The van der Waals surface area contributed by atoms with E-state index >= 15 is 0 Å². The van der Waals surface area contributed by atoms with Crippen LogP contribution in [0.2, 0.25) is 0 Å². The summed E-state index contributed by atoms with van der Waals surface area (Å²) in [5, 5.41) is 24.2. The van der Waals surface area contributed by atoms with Crippen molar-refractivity contribution in [1.82, 2.24) is 35.4 Å². The molecule has 2 N–H and O–H groups in total. The highest BCUT2D eigenvalue weighted by molar-refractivity contribution is 5.96. The Balaban J connectivity index is 1.57. The number of anilines is 1. The van der Waals surface area contributed by atoms with Gasteiger partial charge in [-0.05, 0) is 43.6 Å². The van der Waals surface area contributed by atoms with Gasteiger partial charge in [0.2, 0.25) is 11.8 Å². The van der Waals surface area contributed by atoms with Crippen molar-refractivity contribution >= 4 is 22.6 Å². The molecule has 10 nitrogen and oxygen atoms in total. The van der Waals surface area contributed by atoms with E-state index in [1.807, 2.05) is 37.6 Å². The number of fused-ring (bicyclic) bond motifs is 1. The smallest absolute Gasteiger partial charge is 0.228 e. The normalized spacial score (nSPS) is 14.7. The molecule has 0 bridgehead atoms. The Morgan fingerprint density at radius 2 is 2.09 bits per heavy atom. The van der Waals surface area contributed by atoms with E-state index in [4.69, 9.17) is 4.52 Å². The average molecular weight is 432 g/mol. The van der Waals surface area contributed by atoms with Gasteiger partial charge in [0.15, 0.2) is 11.6 Å². The van der Waals surface area contributed by atoms with Crippen molar-refractivity contribution in [3.05, 3.63) is 47.9 Å². The molecule has 4 aromatic rings. The lowest BCUT2D eigenvalue weighted by Crippen LogP contribution is -2.35. The van der Waals surface area contributed by atoms with Crippen molar-refractivity contribution in [2.24, 2.45) is 13.0 Å². The second kappa shape index (κ2) is 8.46. The molecule has 0 unspecified atom stereocenters. The van der Waals surface area contributed by atoms with Crippen LogP contribution in [0, 0.1) is 12.8 Å². The molecular weight excluding hydrogens is 408 g/mol. The maximum absolute atomic E-state index is 12.9. The highest BCUT2D eigenvalue weighted by Gasteiger charge is 2.24. The highest BCUT2D eigenvalue weighted by atomic mass is 16.5. The van der Waals surface area contributed by atoms with Crippen molar-refractivity contribution in [3.63, 3.8) is 0 Å². The number of carbonyl (C=O) groups excluding carboxylic acids is 1. The van der Waals surface area contributed by atoms with Crippen LogP contribution in [0.4, 0.5) is 5.82 Å². The molecule has 164 valence electrons. The predicted octanol–water partition coefficient (Wildman–Crippen LogP) is 2.25. The largest absolute Gasteiger partial charge is 0.340 e. The molecule has 10 heteroatoms. The number of nitrogens with one attached hydrogen (secondary N) is 2. The molecule has 0 aliphatic carbocycles. The Kier molecular flexibility index (Phi) is 5.36. The van der Waals surface area contributed by atoms with Crippen molar-refractivity contribution in [2.45, 2.75) is 26.2 Å². The maximum atomic E-state index is 12.9. The van der Waals surface area contributed by atoms with Gasteiger partial charge in [-0.3, -0.25) is 9.48 Å². The number of hydrogen-bond donors (Lipinski definition) is 2. The summed E-state index contributed by atoms with van der Waals surface area (Å²) in [6.45, 7) is 3.43. The number of nitrogens with zero attached hydrogens (tertiary/aromatic N) is 6. The first-order valence-electron chi connectivity index (χ1n) is 10.7. The standard InChI is InChI=1S/C22H24N8O2/c1-13-25-20(29-32-13)10-18-17-9-15(16-11-24-30(2)12-16)3-4-19(17)27-28-21(18)26-22(31)14-5-7-23-8-6-14/h3-4,9,11-12,14,23H,5-8,10H2,1-2H3,(H,26,28,31). The SMILES string of the molecule is Cc1nc(Cc2c(NC(=O)C3CCNCC3)nnc3ccc(-c4cnn(C)c4)cc23)no1. The molecule has 32 heavy (non-hydrogen) atoms. The lowest BCUT2D eigenvalue weighted by molar-refractivity contribution is -0.120. The van der Waals surface area contributed by atoms with Crippen LogP contribution in [-0.2, 0) is 18.3 Å². The van der Waals surface area contributed by atoms with E-state index in [2.05, 4.69) is 36.1 Å². The minimum absolute atomic E-state index is 0.0332. The second-order valence-electron chi connectivity index (χ2n) is 8.08. The molecule has 4 heterocycles. The molecule has 1 amide bonds. The second-order valence-corrected chi connectivity index (χ2v) is 8.08. The molecule has 1 aliphatic rings. The van der Waals surface area contributed by atoms with Crippen LogP contribution in [0.15, 0.2) is 35.1 Å². The van der Waals surface area contributed by atoms with E-state index in [-0.39, 0.29) is 11.8 Å². The number of piperidine rings is 1. The van der Waals surface area contributed by atoms with Crippen LogP contribution in [0.25, 0.3) is 22.0 Å². The van der Waals surface area contributed by atoms with Crippen LogP contribution in [-0.4, -0.2) is 49.1 Å². The van der Waals surface area contributed by atoms with Crippen molar-refractivity contribution in [1.29, 1.82) is 0 Å². The molecule has 0 saturated carbocycles. The first-order valence-corrected chi connectivity index (χ1v) is 10.7. The zero-order valence-electron chi connectivity index (χ0n) is 18.0.